The Labute approximate surface area is 170 Å². The Bertz CT molecular complexity index is 760. The van der Waals surface area contributed by atoms with Gasteiger partial charge >= 0.3 is 0 Å². The van der Waals surface area contributed by atoms with E-state index in [-0.39, 0.29) is 5.82 Å². The molecule has 1 unspecified atom stereocenters. The van der Waals surface area contributed by atoms with E-state index in [2.05, 4.69) is 40.1 Å². The van der Waals surface area contributed by atoms with Gasteiger partial charge in [-0.2, -0.15) is 0 Å². The van der Waals surface area contributed by atoms with Gasteiger partial charge in [0.15, 0.2) is 5.96 Å². The number of nitrogens with zero attached hydrogens (tertiary/aromatic N) is 2. The standard InChI is InChI=1S/C21H29FN4OS/c1-16(12-18-4-3-11-28-18)14-24-21(23-2)25-15-17-5-6-20(19(22)13-17)26-7-9-27-10-8-26/h3-6,11,13,16H,7-10,12,14-15H2,1-2H3,(H2,23,24,25). The van der Waals surface area contributed by atoms with Crippen molar-refractivity contribution in [2.24, 2.45) is 10.9 Å². The summed E-state index contributed by atoms with van der Waals surface area (Å²) in [5.41, 5.74) is 1.54. The minimum Gasteiger partial charge on any atom is -0.378 e. The van der Waals surface area contributed by atoms with Crippen LogP contribution in [0, 0.1) is 11.7 Å². The number of benzene rings is 1. The average Bonchev–Trinajstić information content (AvgIpc) is 3.22. The minimum atomic E-state index is -0.186. The first kappa shape index (κ1) is 20.6. The predicted octanol–water partition coefficient (Wildman–Crippen LogP) is 3.27. The van der Waals surface area contributed by atoms with Gasteiger partial charge in [-0.15, -0.1) is 11.3 Å². The minimum absolute atomic E-state index is 0.186. The third-order valence-electron chi connectivity index (χ3n) is 4.80. The number of ether oxygens (including phenoxy) is 1. The van der Waals surface area contributed by atoms with Gasteiger partial charge in [0.1, 0.15) is 5.82 Å². The Morgan fingerprint density at radius 3 is 2.79 bits per heavy atom. The van der Waals surface area contributed by atoms with Gasteiger partial charge in [-0.05, 0) is 41.5 Å². The normalized spacial score (nSPS) is 16.1. The van der Waals surface area contributed by atoms with Crippen LogP contribution in [0.1, 0.15) is 17.4 Å². The molecule has 1 aromatic heterocycles. The average molecular weight is 405 g/mol. The third kappa shape index (κ3) is 5.94. The molecule has 0 spiro atoms. The zero-order valence-corrected chi connectivity index (χ0v) is 17.4. The van der Waals surface area contributed by atoms with Crippen LogP contribution in [0.3, 0.4) is 0 Å². The number of halogens is 1. The largest absolute Gasteiger partial charge is 0.378 e. The highest BCUT2D eigenvalue weighted by molar-refractivity contribution is 7.09. The van der Waals surface area contributed by atoms with Crippen molar-refractivity contribution in [3.63, 3.8) is 0 Å². The number of hydrogen-bond donors (Lipinski definition) is 2. The van der Waals surface area contributed by atoms with Crippen LogP contribution in [0.2, 0.25) is 0 Å². The number of anilines is 1. The summed E-state index contributed by atoms with van der Waals surface area (Å²) < 4.78 is 19.9. The lowest BCUT2D eigenvalue weighted by Crippen LogP contribution is -2.39. The molecule has 2 aromatic rings. The molecule has 152 valence electrons. The Morgan fingerprint density at radius 1 is 1.29 bits per heavy atom. The summed E-state index contributed by atoms with van der Waals surface area (Å²) in [7, 11) is 1.75. The van der Waals surface area contributed by atoms with Crippen LogP contribution >= 0.6 is 11.3 Å². The second-order valence-electron chi connectivity index (χ2n) is 7.08. The lowest BCUT2D eigenvalue weighted by Gasteiger charge is -2.29. The van der Waals surface area contributed by atoms with E-state index in [1.165, 1.54) is 4.88 Å². The van der Waals surface area contributed by atoms with Crippen molar-refractivity contribution in [2.45, 2.75) is 19.9 Å². The molecule has 3 rings (SSSR count). The van der Waals surface area contributed by atoms with Crippen molar-refractivity contribution in [1.29, 1.82) is 0 Å². The van der Waals surface area contributed by atoms with Crippen LogP contribution in [0.4, 0.5) is 10.1 Å². The first-order chi connectivity index (χ1) is 13.7. The van der Waals surface area contributed by atoms with Crippen molar-refractivity contribution < 1.29 is 9.13 Å². The fourth-order valence-corrected chi connectivity index (χ4v) is 4.11. The van der Waals surface area contributed by atoms with E-state index in [0.29, 0.717) is 31.4 Å². The summed E-state index contributed by atoms with van der Waals surface area (Å²) in [5, 5.41) is 8.74. The van der Waals surface area contributed by atoms with E-state index in [0.717, 1.165) is 37.6 Å². The van der Waals surface area contributed by atoms with Crippen LogP contribution in [-0.4, -0.2) is 45.9 Å². The topological polar surface area (TPSA) is 48.9 Å². The number of nitrogens with one attached hydrogen (secondary N) is 2. The van der Waals surface area contributed by atoms with Crippen LogP contribution in [0.5, 0.6) is 0 Å². The molecular weight excluding hydrogens is 375 g/mol. The number of thiophene rings is 1. The second-order valence-corrected chi connectivity index (χ2v) is 8.11. The summed E-state index contributed by atoms with van der Waals surface area (Å²) in [4.78, 5) is 7.70. The van der Waals surface area contributed by atoms with Gasteiger partial charge in [-0.1, -0.05) is 19.1 Å². The maximum atomic E-state index is 14.5. The highest BCUT2D eigenvalue weighted by atomic mass is 32.1. The first-order valence-electron chi connectivity index (χ1n) is 9.73. The molecule has 0 amide bonds. The number of morpholine rings is 1. The quantitative estimate of drug-likeness (QED) is 0.549. The summed E-state index contributed by atoms with van der Waals surface area (Å²) in [5.74, 6) is 1.05. The fraction of sp³-hybridized carbons (Fsp3) is 0.476. The predicted molar refractivity (Wildman–Crippen MR) is 115 cm³/mol. The van der Waals surface area contributed by atoms with Crippen LogP contribution in [-0.2, 0) is 17.7 Å². The van der Waals surface area contributed by atoms with Crippen molar-refractivity contribution in [1.82, 2.24) is 10.6 Å². The SMILES string of the molecule is CN=C(NCc1ccc(N2CCOCC2)c(F)c1)NCC(C)Cc1cccs1. The molecule has 0 radical (unpaired) electrons. The van der Waals surface area contributed by atoms with Gasteiger partial charge < -0.3 is 20.3 Å². The van der Waals surface area contributed by atoms with Gasteiger partial charge in [0.25, 0.3) is 0 Å². The Balaban J connectivity index is 1.47. The number of guanidine groups is 1. The summed E-state index contributed by atoms with van der Waals surface area (Å²) in [6.45, 7) is 6.34. The van der Waals surface area contributed by atoms with E-state index < -0.39 is 0 Å². The van der Waals surface area contributed by atoms with Gasteiger partial charge in [0, 0.05) is 38.1 Å². The first-order valence-corrected chi connectivity index (χ1v) is 10.6. The van der Waals surface area contributed by atoms with E-state index in [9.17, 15) is 4.39 Å². The summed E-state index contributed by atoms with van der Waals surface area (Å²) in [6, 6.07) is 9.68. The molecule has 1 saturated heterocycles. The maximum absolute atomic E-state index is 14.5. The Kier molecular flexibility index (Phi) is 7.68. The van der Waals surface area contributed by atoms with Crippen LogP contribution in [0.15, 0.2) is 40.7 Å². The zero-order chi connectivity index (χ0) is 19.8. The van der Waals surface area contributed by atoms with Crippen LogP contribution in [0.25, 0.3) is 0 Å². The van der Waals surface area contributed by atoms with E-state index >= 15 is 0 Å². The molecule has 2 heterocycles. The molecule has 2 N–H and O–H groups in total. The van der Waals surface area contributed by atoms with E-state index in [1.54, 1.807) is 24.5 Å². The molecule has 0 bridgehead atoms. The smallest absolute Gasteiger partial charge is 0.191 e. The monoisotopic (exact) mass is 404 g/mol. The number of aliphatic imine (C=N–C) groups is 1. The molecular formula is C21H29FN4OS. The number of hydrogen-bond acceptors (Lipinski definition) is 4. The molecule has 0 aliphatic carbocycles. The van der Waals surface area contributed by atoms with E-state index in [4.69, 9.17) is 4.74 Å². The molecule has 1 aliphatic heterocycles. The molecule has 28 heavy (non-hydrogen) atoms. The number of rotatable bonds is 7. The molecule has 1 aliphatic rings. The highest BCUT2D eigenvalue weighted by Gasteiger charge is 2.15. The van der Waals surface area contributed by atoms with Gasteiger partial charge in [0.2, 0.25) is 0 Å². The van der Waals surface area contributed by atoms with Crippen molar-refractivity contribution in [2.75, 3.05) is 44.8 Å². The third-order valence-corrected chi connectivity index (χ3v) is 5.69. The van der Waals surface area contributed by atoms with Gasteiger partial charge in [-0.3, -0.25) is 4.99 Å². The highest BCUT2D eigenvalue weighted by Crippen LogP contribution is 2.21. The lowest BCUT2D eigenvalue weighted by molar-refractivity contribution is 0.122. The molecule has 7 heteroatoms. The van der Waals surface area contributed by atoms with Gasteiger partial charge in [-0.25, -0.2) is 4.39 Å². The maximum Gasteiger partial charge on any atom is 0.191 e. The second kappa shape index (κ2) is 10.4. The van der Waals surface area contributed by atoms with Crippen molar-refractivity contribution in [3.05, 3.63) is 52.0 Å². The molecule has 1 aromatic carbocycles. The fourth-order valence-electron chi connectivity index (χ4n) is 3.24. The van der Waals surface area contributed by atoms with Gasteiger partial charge in [0.05, 0.1) is 18.9 Å². The lowest BCUT2D eigenvalue weighted by atomic mass is 10.1. The Morgan fingerprint density at radius 2 is 2.11 bits per heavy atom. The van der Waals surface area contributed by atoms with E-state index in [1.807, 2.05) is 17.0 Å². The van der Waals surface area contributed by atoms with Crippen LogP contribution < -0.4 is 15.5 Å². The molecule has 0 saturated carbocycles. The summed E-state index contributed by atoms with van der Waals surface area (Å²) in [6.07, 6.45) is 1.05. The van der Waals surface area contributed by atoms with Crippen molar-refractivity contribution in [3.8, 4) is 0 Å². The molecule has 1 atom stereocenters. The summed E-state index contributed by atoms with van der Waals surface area (Å²) >= 11 is 1.79. The molecule has 1 fully saturated rings. The van der Waals surface area contributed by atoms with Crippen molar-refractivity contribution >= 4 is 23.0 Å². The Hall–Kier alpha value is -2.12. The molecule has 5 nitrogen and oxygen atoms in total. The zero-order valence-electron chi connectivity index (χ0n) is 16.6.